The maximum absolute atomic E-state index is 13.3. The number of halogens is 2. The largest absolute Gasteiger partial charge is 0.435 e. The topological polar surface area (TPSA) is 44.1 Å². The van der Waals surface area contributed by atoms with Gasteiger partial charge in [0.1, 0.15) is 11.6 Å². The van der Waals surface area contributed by atoms with Crippen molar-refractivity contribution >= 4 is 15.9 Å². The average Bonchev–Trinajstić information content (AvgIpc) is 2.36. The zero-order valence-electron chi connectivity index (χ0n) is 9.56. The molecule has 0 aliphatic rings. The van der Waals surface area contributed by atoms with Gasteiger partial charge in [-0.1, -0.05) is 0 Å². The SMILES string of the molecule is CCn1ccnc(Oc2ccc(Br)c(F)c2)c1=O. The van der Waals surface area contributed by atoms with Gasteiger partial charge in [-0.25, -0.2) is 9.37 Å². The predicted octanol–water partition coefficient (Wildman–Crippen LogP) is 2.96. The van der Waals surface area contributed by atoms with Gasteiger partial charge in [0, 0.05) is 25.0 Å². The van der Waals surface area contributed by atoms with Crippen molar-refractivity contribution in [1.82, 2.24) is 9.55 Å². The van der Waals surface area contributed by atoms with Crippen LogP contribution in [-0.2, 0) is 6.54 Å². The molecule has 0 unspecified atom stereocenters. The molecule has 0 radical (unpaired) electrons. The Morgan fingerprint density at radius 1 is 1.50 bits per heavy atom. The highest BCUT2D eigenvalue weighted by atomic mass is 79.9. The second-order valence-corrected chi connectivity index (χ2v) is 4.36. The number of hydrogen-bond acceptors (Lipinski definition) is 3. The van der Waals surface area contributed by atoms with E-state index in [0.717, 1.165) is 0 Å². The molecule has 0 fully saturated rings. The molecule has 2 aromatic rings. The van der Waals surface area contributed by atoms with Crippen molar-refractivity contribution in [1.29, 1.82) is 0 Å². The molecule has 6 heteroatoms. The van der Waals surface area contributed by atoms with Crippen LogP contribution < -0.4 is 10.3 Å². The molecule has 0 saturated carbocycles. The Labute approximate surface area is 111 Å². The molecule has 1 aromatic heterocycles. The summed E-state index contributed by atoms with van der Waals surface area (Å²) >= 11 is 3.04. The smallest absolute Gasteiger partial charge is 0.313 e. The van der Waals surface area contributed by atoms with Crippen molar-refractivity contribution in [2.24, 2.45) is 0 Å². The maximum atomic E-state index is 13.3. The van der Waals surface area contributed by atoms with E-state index in [9.17, 15) is 9.18 Å². The van der Waals surface area contributed by atoms with Gasteiger partial charge in [-0.05, 0) is 35.0 Å². The van der Waals surface area contributed by atoms with E-state index in [0.29, 0.717) is 11.0 Å². The Kier molecular flexibility index (Phi) is 3.76. The molecule has 1 heterocycles. The first-order valence-corrected chi connectivity index (χ1v) is 6.09. The maximum Gasteiger partial charge on any atom is 0.313 e. The van der Waals surface area contributed by atoms with Crippen molar-refractivity contribution < 1.29 is 9.13 Å². The zero-order valence-corrected chi connectivity index (χ0v) is 11.1. The normalized spacial score (nSPS) is 10.4. The summed E-state index contributed by atoms with van der Waals surface area (Å²) in [6.45, 7) is 2.36. The first-order chi connectivity index (χ1) is 8.61. The molecule has 94 valence electrons. The molecule has 4 nitrogen and oxygen atoms in total. The van der Waals surface area contributed by atoms with Gasteiger partial charge in [0.05, 0.1) is 4.47 Å². The zero-order chi connectivity index (χ0) is 13.1. The molecule has 0 spiro atoms. The third-order valence-electron chi connectivity index (χ3n) is 2.33. The number of hydrogen-bond donors (Lipinski definition) is 0. The van der Waals surface area contributed by atoms with Gasteiger partial charge in [-0.3, -0.25) is 4.79 Å². The van der Waals surface area contributed by atoms with Gasteiger partial charge in [-0.15, -0.1) is 0 Å². The van der Waals surface area contributed by atoms with Gasteiger partial charge in [0.2, 0.25) is 0 Å². The standard InChI is InChI=1S/C12H10BrFN2O2/c1-2-16-6-5-15-11(12(16)17)18-8-3-4-9(13)10(14)7-8/h3-7H,2H2,1H3. The third-order valence-corrected chi connectivity index (χ3v) is 2.97. The Balaban J connectivity index is 2.34. The Hall–Kier alpha value is -1.69. The van der Waals surface area contributed by atoms with E-state index in [1.54, 1.807) is 12.3 Å². The van der Waals surface area contributed by atoms with Crippen molar-refractivity contribution in [3.8, 4) is 11.6 Å². The highest BCUT2D eigenvalue weighted by molar-refractivity contribution is 9.10. The molecule has 0 bridgehead atoms. The lowest BCUT2D eigenvalue weighted by Crippen LogP contribution is -2.20. The van der Waals surface area contributed by atoms with Crippen LogP contribution in [0.15, 0.2) is 39.9 Å². The number of benzene rings is 1. The Morgan fingerprint density at radius 3 is 2.94 bits per heavy atom. The van der Waals surface area contributed by atoms with Crippen LogP contribution >= 0.6 is 15.9 Å². The molecule has 0 aliphatic heterocycles. The van der Waals surface area contributed by atoms with Crippen LogP contribution in [0.25, 0.3) is 0 Å². The molecule has 1 aromatic carbocycles. The highest BCUT2D eigenvalue weighted by Gasteiger charge is 2.08. The van der Waals surface area contributed by atoms with Gasteiger partial charge in [-0.2, -0.15) is 0 Å². The lowest BCUT2D eigenvalue weighted by Gasteiger charge is -2.06. The van der Waals surface area contributed by atoms with Gasteiger partial charge < -0.3 is 9.30 Å². The second kappa shape index (κ2) is 5.30. The fourth-order valence-corrected chi connectivity index (χ4v) is 1.64. The predicted molar refractivity (Wildman–Crippen MR) is 68.3 cm³/mol. The van der Waals surface area contributed by atoms with Crippen LogP contribution in [0.1, 0.15) is 6.92 Å². The van der Waals surface area contributed by atoms with E-state index < -0.39 is 5.82 Å². The summed E-state index contributed by atoms with van der Waals surface area (Å²) in [4.78, 5) is 15.7. The summed E-state index contributed by atoms with van der Waals surface area (Å²) in [5, 5.41) is 0. The van der Waals surface area contributed by atoms with Crippen LogP contribution in [0.3, 0.4) is 0 Å². The van der Waals surface area contributed by atoms with Crippen LogP contribution in [0.2, 0.25) is 0 Å². The molecular weight excluding hydrogens is 303 g/mol. The lowest BCUT2D eigenvalue weighted by molar-refractivity contribution is 0.441. The molecule has 2 rings (SSSR count). The van der Waals surface area contributed by atoms with E-state index in [-0.39, 0.29) is 17.2 Å². The first-order valence-electron chi connectivity index (χ1n) is 5.30. The summed E-state index contributed by atoms with van der Waals surface area (Å²) in [5.74, 6) is -0.297. The summed E-state index contributed by atoms with van der Waals surface area (Å²) in [5.41, 5.74) is -0.344. The van der Waals surface area contributed by atoms with Gasteiger partial charge in [0.25, 0.3) is 5.88 Å². The minimum Gasteiger partial charge on any atom is -0.435 e. The molecule has 0 N–H and O–H groups in total. The number of nitrogens with zero attached hydrogens (tertiary/aromatic N) is 2. The number of rotatable bonds is 3. The number of aromatic nitrogens is 2. The van der Waals surface area contributed by atoms with Gasteiger partial charge in [0.15, 0.2) is 0 Å². The fourth-order valence-electron chi connectivity index (χ4n) is 1.40. The van der Waals surface area contributed by atoms with Crippen molar-refractivity contribution in [2.45, 2.75) is 13.5 Å². The summed E-state index contributed by atoms with van der Waals surface area (Å²) < 4.78 is 20.4. The lowest BCUT2D eigenvalue weighted by atomic mass is 10.3. The molecule has 0 saturated heterocycles. The number of ether oxygens (including phenoxy) is 1. The Bertz CT molecular complexity index is 628. The van der Waals surface area contributed by atoms with E-state index in [4.69, 9.17) is 4.74 Å². The fraction of sp³-hybridized carbons (Fsp3) is 0.167. The first kappa shape index (κ1) is 12.8. The third kappa shape index (κ3) is 2.59. The highest BCUT2D eigenvalue weighted by Crippen LogP contribution is 2.23. The summed E-state index contributed by atoms with van der Waals surface area (Å²) in [6, 6.07) is 4.25. The summed E-state index contributed by atoms with van der Waals surface area (Å²) in [7, 11) is 0. The monoisotopic (exact) mass is 312 g/mol. The Morgan fingerprint density at radius 2 is 2.28 bits per heavy atom. The van der Waals surface area contributed by atoms with E-state index in [2.05, 4.69) is 20.9 Å². The van der Waals surface area contributed by atoms with Crippen molar-refractivity contribution in [3.05, 3.63) is 51.2 Å². The summed E-state index contributed by atoms with van der Waals surface area (Å²) in [6.07, 6.45) is 3.03. The molecule has 0 amide bonds. The minimum absolute atomic E-state index is 0.0685. The minimum atomic E-state index is -0.459. The van der Waals surface area contributed by atoms with Crippen molar-refractivity contribution in [2.75, 3.05) is 0 Å². The van der Waals surface area contributed by atoms with E-state index in [1.807, 2.05) is 6.92 Å². The molecule has 0 aliphatic carbocycles. The van der Waals surface area contributed by atoms with E-state index >= 15 is 0 Å². The van der Waals surface area contributed by atoms with Crippen LogP contribution in [0, 0.1) is 5.82 Å². The van der Waals surface area contributed by atoms with Crippen LogP contribution in [-0.4, -0.2) is 9.55 Å². The van der Waals surface area contributed by atoms with Crippen LogP contribution in [0.4, 0.5) is 4.39 Å². The average molecular weight is 313 g/mol. The molecule has 0 atom stereocenters. The van der Waals surface area contributed by atoms with Gasteiger partial charge >= 0.3 is 5.56 Å². The molecule has 18 heavy (non-hydrogen) atoms. The second-order valence-electron chi connectivity index (χ2n) is 3.50. The number of aryl methyl sites for hydroxylation is 1. The van der Waals surface area contributed by atoms with E-state index in [1.165, 1.54) is 22.9 Å². The van der Waals surface area contributed by atoms with Crippen LogP contribution in [0.5, 0.6) is 11.6 Å². The quantitative estimate of drug-likeness (QED) is 0.875. The van der Waals surface area contributed by atoms with Crippen molar-refractivity contribution in [3.63, 3.8) is 0 Å². The molecular formula is C12H10BrFN2O2.